The quantitative estimate of drug-likeness (QED) is 0.284. The lowest BCUT2D eigenvalue weighted by Gasteiger charge is -2.37. The van der Waals surface area contributed by atoms with Gasteiger partial charge in [0.2, 0.25) is 0 Å². The molecule has 6 N–H and O–H groups in total. The second-order valence-corrected chi connectivity index (χ2v) is 6.86. The lowest BCUT2D eigenvalue weighted by molar-refractivity contribution is -0.157. The van der Waals surface area contributed by atoms with Crippen LogP contribution >= 0.6 is 0 Å². The highest BCUT2D eigenvalue weighted by Gasteiger charge is 2.34. The predicted octanol–water partition coefficient (Wildman–Crippen LogP) is 1.37. The van der Waals surface area contributed by atoms with E-state index >= 15 is 0 Å². The Hall–Kier alpha value is -1.30. The van der Waals surface area contributed by atoms with E-state index in [2.05, 4.69) is 25.8 Å². The molecule has 22 heavy (non-hydrogen) atoms. The van der Waals surface area contributed by atoms with Gasteiger partial charge in [0.15, 0.2) is 5.96 Å². The molecule has 6 heteroatoms. The van der Waals surface area contributed by atoms with Gasteiger partial charge in [0.05, 0.1) is 0 Å². The first-order valence-electron chi connectivity index (χ1n) is 8.32. The summed E-state index contributed by atoms with van der Waals surface area (Å²) in [4.78, 5) is 16.1. The third kappa shape index (κ3) is 6.22. The van der Waals surface area contributed by atoms with Crippen molar-refractivity contribution in [1.29, 1.82) is 0 Å². The van der Waals surface area contributed by atoms with Gasteiger partial charge in [-0.15, -0.1) is 0 Å². The number of nitrogens with zero attached hydrogens (tertiary/aromatic N) is 1. The second-order valence-electron chi connectivity index (χ2n) is 6.86. The molecular formula is C16H32N4O2. The molecule has 0 saturated heterocycles. The summed E-state index contributed by atoms with van der Waals surface area (Å²) >= 11 is 0. The highest BCUT2D eigenvalue weighted by molar-refractivity contribution is 5.76. The predicted molar refractivity (Wildman–Crippen MR) is 89.1 cm³/mol. The van der Waals surface area contributed by atoms with Crippen molar-refractivity contribution >= 4 is 11.9 Å². The van der Waals surface area contributed by atoms with Gasteiger partial charge in [-0.2, -0.15) is 0 Å². The molecule has 6 nitrogen and oxygen atoms in total. The number of guanidine groups is 1. The molecule has 128 valence electrons. The Morgan fingerprint density at radius 2 is 2.00 bits per heavy atom. The molecular weight excluding hydrogens is 280 g/mol. The maximum Gasteiger partial charge on any atom is 0.323 e. The molecule has 0 amide bonds. The van der Waals surface area contributed by atoms with E-state index in [1.807, 2.05) is 0 Å². The zero-order chi connectivity index (χ0) is 16.7. The number of ether oxygens (including phenoxy) is 1. The fourth-order valence-corrected chi connectivity index (χ4v) is 3.12. The number of hydrogen-bond donors (Lipinski definition) is 3. The van der Waals surface area contributed by atoms with Crippen molar-refractivity contribution in [2.75, 3.05) is 6.54 Å². The van der Waals surface area contributed by atoms with Gasteiger partial charge in [0.25, 0.3) is 0 Å². The molecule has 1 saturated carbocycles. The van der Waals surface area contributed by atoms with Crippen LogP contribution in [0.1, 0.15) is 52.9 Å². The largest absolute Gasteiger partial charge is 0.461 e. The van der Waals surface area contributed by atoms with Crippen molar-refractivity contribution < 1.29 is 9.53 Å². The Bertz CT molecular complexity index is 380. The smallest absolute Gasteiger partial charge is 0.323 e. The number of rotatable bonds is 7. The van der Waals surface area contributed by atoms with Crippen molar-refractivity contribution in [2.24, 2.45) is 39.9 Å². The molecule has 1 aliphatic carbocycles. The number of aliphatic imine (C=N–C) groups is 1. The Morgan fingerprint density at radius 3 is 2.59 bits per heavy atom. The zero-order valence-corrected chi connectivity index (χ0v) is 14.1. The Labute approximate surface area is 133 Å². The third-order valence-corrected chi connectivity index (χ3v) is 4.50. The van der Waals surface area contributed by atoms with Crippen molar-refractivity contribution in [1.82, 2.24) is 0 Å². The lowest BCUT2D eigenvalue weighted by atomic mass is 9.75. The standard InChI is InChI=1S/C16H32N4O2/c1-10(2)12-7-6-11(3)9-14(12)22-15(21)13(17)5-4-8-20-16(18)19/h10-14H,4-9,17H2,1-3H3,(H4,18,19,20)/t11?,12?,13-,14?/m0/s1. The minimum Gasteiger partial charge on any atom is -0.461 e. The fraction of sp³-hybridized carbons (Fsp3) is 0.875. The van der Waals surface area contributed by atoms with Gasteiger partial charge in [0, 0.05) is 6.54 Å². The van der Waals surface area contributed by atoms with Crippen molar-refractivity contribution in [3.05, 3.63) is 0 Å². The van der Waals surface area contributed by atoms with Crippen LogP contribution < -0.4 is 17.2 Å². The first kappa shape index (κ1) is 18.7. The summed E-state index contributed by atoms with van der Waals surface area (Å²) in [6.07, 6.45) is 4.47. The molecule has 1 aliphatic rings. The van der Waals surface area contributed by atoms with Crippen LogP contribution in [-0.2, 0) is 9.53 Å². The van der Waals surface area contributed by atoms with Gasteiger partial charge in [0.1, 0.15) is 12.1 Å². The fourth-order valence-electron chi connectivity index (χ4n) is 3.12. The van der Waals surface area contributed by atoms with Crippen LogP contribution in [0.25, 0.3) is 0 Å². The topological polar surface area (TPSA) is 117 Å². The van der Waals surface area contributed by atoms with E-state index < -0.39 is 6.04 Å². The van der Waals surface area contributed by atoms with E-state index in [1.54, 1.807) is 0 Å². The highest BCUT2D eigenvalue weighted by atomic mass is 16.5. The summed E-state index contributed by atoms with van der Waals surface area (Å²) in [5.74, 6) is 1.32. The second kappa shape index (κ2) is 8.98. The molecule has 0 aliphatic heterocycles. The monoisotopic (exact) mass is 312 g/mol. The minimum atomic E-state index is -0.598. The van der Waals surface area contributed by atoms with Crippen LogP contribution in [0.2, 0.25) is 0 Å². The molecule has 1 rings (SSSR count). The van der Waals surface area contributed by atoms with Crippen LogP contribution in [0.4, 0.5) is 0 Å². The van der Waals surface area contributed by atoms with Gasteiger partial charge in [-0.3, -0.25) is 9.79 Å². The average molecular weight is 312 g/mol. The summed E-state index contributed by atoms with van der Waals surface area (Å²) in [6.45, 7) is 7.08. The van der Waals surface area contributed by atoms with Gasteiger partial charge in [-0.05, 0) is 43.4 Å². The van der Waals surface area contributed by atoms with Crippen LogP contribution in [0.15, 0.2) is 4.99 Å². The molecule has 0 heterocycles. The van der Waals surface area contributed by atoms with Gasteiger partial charge >= 0.3 is 5.97 Å². The molecule has 0 bridgehead atoms. The van der Waals surface area contributed by atoms with Crippen molar-refractivity contribution in [3.63, 3.8) is 0 Å². The zero-order valence-electron chi connectivity index (χ0n) is 14.1. The summed E-state index contributed by atoms with van der Waals surface area (Å²) in [7, 11) is 0. The Kier molecular flexibility index (Phi) is 7.65. The number of hydrogen-bond acceptors (Lipinski definition) is 4. The molecule has 0 radical (unpaired) electrons. The highest BCUT2D eigenvalue weighted by Crippen LogP contribution is 2.35. The van der Waals surface area contributed by atoms with E-state index in [4.69, 9.17) is 21.9 Å². The van der Waals surface area contributed by atoms with Crippen LogP contribution in [0.3, 0.4) is 0 Å². The Morgan fingerprint density at radius 1 is 1.32 bits per heavy atom. The number of carbonyl (C=O) groups excluding carboxylic acids is 1. The van der Waals surface area contributed by atoms with Crippen LogP contribution in [-0.4, -0.2) is 30.6 Å². The van der Waals surface area contributed by atoms with E-state index in [9.17, 15) is 4.79 Å². The van der Waals surface area contributed by atoms with Crippen LogP contribution in [0.5, 0.6) is 0 Å². The summed E-state index contributed by atoms with van der Waals surface area (Å²) in [5.41, 5.74) is 16.4. The number of esters is 1. The molecule has 0 aromatic carbocycles. The van der Waals surface area contributed by atoms with E-state index in [0.717, 1.165) is 12.8 Å². The lowest BCUT2D eigenvalue weighted by Crippen LogP contribution is -2.41. The summed E-state index contributed by atoms with van der Waals surface area (Å²) < 4.78 is 5.73. The number of carbonyl (C=O) groups is 1. The summed E-state index contributed by atoms with van der Waals surface area (Å²) in [6, 6.07) is -0.598. The van der Waals surface area contributed by atoms with Gasteiger partial charge in [-0.1, -0.05) is 27.2 Å². The van der Waals surface area contributed by atoms with Gasteiger partial charge < -0.3 is 21.9 Å². The van der Waals surface area contributed by atoms with Crippen molar-refractivity contribution in [3.8, 4) is 0 Å². The Balaban J connectivity index is 2.45. The molecule has 0 aromatic rings. The van der Waals surface area contributed by atoms with E-state index in [-0.39, 0.29) is 18.0 Å². The van der Waals surface area contributed by atoms with Crippen LogP contribution in [0, 0.1) is 17.8 Å². The molecule has 4 atom stereocenters. The number of nitrogens with two attached hydrogens (primary N) is 3. The SMILES string of the molecule is CC1CCC(C(C)C)C(OC(=O)[C@@H](N)CCCN=C(N)N)C1. The minimum absolute atomic E-state index is 0.00000656. The molecule has 1 fully saturated rings. The molecule has 3 unspecified atom stereocenters. The van der Waals surface area contributed by atoms with Crippen molar-refractivity contribution in [2.45, 2.75) is 65.0 Å². The molecule has 0 aromatic heterocycles. The average Bonchev–Trinajstić information content (AvgIpc) is 2.42. The summed E-state index contributed by atoms with van der Waals surface area (Å²) in [5, 5.41) is 0. The van der Waals surface area contributed by atoms with Gasteiger partial charge in [-0.25, -0.2) is 0 Å². The first-order chi connectivity index (χ1) is 10.3. The first-order valence-corrected chi connectivity index (χ1v) is 8.32. The third-order valence-electron chi connectivity index (χ3n) is 4.50. The maximum atomic E-state index is 12.2. The van der Waals surface area contributed by atoms with E-state index in [1.165, 1.54) is 6.42 Å². The normalized spacial score (nSPS) is 26.5. The maximum absolute atomic E-state index is 12.2. The van der Waals surface area contributed by atoms with E-state index in [0.29, 0.717) is 37.1 Å². The molecule has 0 spiro atoms.